The normalized spacial score (nSPS) is 13.0. The number of halogens is 1. The largest absolute Gasteiger partial charge is 0.350 e. The summed E-state index contributed by atoms with van der Waals surface area (Å²) in [5, 5.41) is 3.40. The molecule has 1 unspecified atom stereocenters. The number of nitrogens with one attached hydrogen (secondary N) is 1. The molecule has 0 radical (unpaired) electrons. The molecule has 1 amide bonds. The van der Waals surface area contributed by atoms with Crippen LogP contribution in [-0.4, -0.2) is 16.9 Å². The van der Waals surface area contributed by atoms with Crippen LogP contribution in [-0.2, 0) is 5.41 Å². The molecule has 21 heavy (non-hydrogen) atoms. The maximum atomic E-state index is 12.3. The maximum absolute atomic E-state index is 12.3. The highest BCUT2D eigenvalue weighted by molar-refractivity contribution is 6.29. The van der Waals surface area contributed by atoms with Crippen LogP contribution in [0.25, 0.3) is 0 Å². The fourth-order valence-corrected chi connectivity index (χ4v) is 2.30. The van der Waals surface area contributed by atoms with Crippen LogP contribution in [0.4, 0.5) is 0 Å². The highest BCUT2D eigenvalue weighted by atomic mass is 35.5. The van der Waals surface area contributed by atoms with Gasteiger partial charge in [-0.1, -0.05) is 58.6 Å². The first kappa shape index (κ1) is 18.0. The van der Waals surface area contributed by atoms with E-state index in [-0.39, 0.29) is 17.4 Å². The lowest BCUT2D eigenvalue weighted by molar-refractivity contribution is 0.0937. The van der Waals surface area contributed by atoms with Gasteiger partial charge < -0.3 is 5.32 Å². The van der Waals surface area contributed by atoms with Crippen LogP contribution in [0.1, 0.15) is 76.4 Å². The van der Waals surface area contributed by atoms with Gasteiger partial charge in [0.15, 0.2) is 0 Å². The lowest BCUT2D eigenvalue weighted by Gasteiger charge is -2.19. The average molecular weight is 311 g/mol. The zero-order valence-corrected chi connectivity index (χ0v) is 14.5. The van der Waals surface area contributed by atoms with Crippen molar-refractivity contribution in [2.45, 2.75) is 71.8 Å². The first-order valence-electron chi connectivity index (χ1n) is 7.73. The van der Waals surface area contributed by atoms with Gasteiger partial charge in [-0.25, -0.2) is 4.98 Å². The monoisotopic (exact) mass is 310 g/mol. The molecule has 1 N–H and O–H groups in total. The van der Waals surface area contributed by atoms with Gasteiger partial charge in [-0.3, -0.25) is 4.79 Å². The molecule has 0 fully saturated rings. The van der Waals surface area contributed by atoms with E-state index in [4.69, 9.17) is 11.6 Å². The Labute approximate surface area is 133 Å². The molecule has 1 aromatic rings. The van der Waals surface area contributed by atoms with E-state index in [1.54, 1.807) is 6.07 Å². The van der Waals surface area contributed by atoms with Crippen LogP contribution >= 0.6 is 11.6 Å². The second kappa shape index (κ2) is 7.79. The fourth-order valence-electron chi connectivity index (χ4n) is 2.09. The van der Waals surface area contributed by atoms with E-state index in [1.165, 1.54) is 12.8 Å². The van der Waals surface area contributed by atoms with Crippen molar-refractivity contribution in [1.82, 2.24) is 10.3 Å². The summed E-state index contributed by atoms with van der Waals surface area (Å²) in [4.78, 5) is 16.6. The van der Waals surface area contributed by atoms with E-state index in [1.807, 2.05) is 13.0 Å². The highest BCUT2D eigenvalue weighted by Gasteiger charge is 2.19. The SMILES string of the molecule is CCCCCC(C)NC(=O)c1cc(Cl)nc(C(C)(C)C)c1. The predicted octanol–water partition coefficient (Wildman–Crippen LogP) is 4.73. The van der Waals surface area contributed by atoms with Gasteiger partial charge in [0.1, 0.15) is 5.15 Å². The summed E-state index contributed by atoms with van der Waals surface area (Å²) in [7, 11) is 0. The Morgan fingerprint density at radius 1 is 1.33 bits per heavy atom. The molecule has 118 valence electrons. The zero-order valence-electron chi connectivity index (χ0n) is 13.8. The molecular weight excluding hydrogens is 284 g/mol. The number of amides is 1. The van der Waals surface area contributed by atoms with E-state index < -0.39 is 0 Å². The molecule has 0 saturated carbocycles. The van der Waals surface area contributed by atoms with Crippen LogP contribution in [0, 0.1) is 0 Å². The highest BCUT2D eigenvalue weighted by Crippen LogP contribution is 2.23. The molecule has 0 spiro atoms. The molecule has 4 heteroatoms. The van der Waals surface area contributed by atoms with Crippen LogP contribution in [0.3, 0.4) is 0 Å². The topological polar surface area (TPSA) is 42.0 Å². The Bertz CT molecular complexity index is 480. The van der Waals surface area contributed by atoms with E-state index in [0.29, 0.717) is 10.7 Å². The van der Waals surface area contributed by atoms with E-state index in [0.717, 1.165) is 18.5 Å². The molecule has 0 aliphatic rings. The number of pyridine rings is 1. The van der Waals surface area contributed by atoms with Gasteiger partial charge in [-0.2, -0.15) is 0 Å². The van der Waals surface area contributed by atoms with Gasteiger partial charge in [-0.15, -0.1) is 0 Å². The Morgan fingerprint density at radius 2 is 2.00 bits per heavy atom. The van der Waals surface area contributed by atoms with Crippen molar-refractivity contribution in [3.05, 3.63) is 28.5 Å². The van der Waals surface area contributed by atoms with Crippen molar-refractivity contribution >= 4 is 17.5 Å². The van der Waals surface area contributed by atoms with Crippen LogP contribution in [0.2, 0.25) is 5.15 Å². The number of aromatic nitrogens is 1. The number of unbranched alkanes of at least 4 members (excludes halogenated alkanes) is 2. The molecule has 1 rings (SSSR count). The van der Waals surface area contributed by atoms with Gasteiger partial charge in [0.25, 0.3) is 5.91 Å². The summed E-state index contributed by atoms with van der Waals surface area (Å²) in [6, 6.07) is 3.64. The second-order valence-electron chi connectivity index (χ2n) is 6.68. The molecular formula is C17H27ClN2O. The molecule has 0 bridgehead atoms. The van der Waals surface area contributed by atoms with Crippen molar-refractivity contribution in [2.24, 2.45) is 0 Å². The first-order valence-corrected chi connectivity index (χ1v) is 8.10. The molecule has 1 heterocycles. The minimum atomic E-state index is -0.132. The number of carbonyl (C=O) groups excluding carboxylic acids is 1. The van der Waals surface area contributed by atoms with Crippen LogP contribution in [0.15, 0.2) is 12.1 Å². The van der Waals surface area contributed by atoms with E-state index in [2.05, 4.69) is 38.0 Å². The van der Waals surface area contributed by atoms with Crippen molar-refractivity contribution in [2.75, 3.05) is 0 Å². The summed E-state index contributed by atoms with van der Waals surface area (Å²) < 4.78 is 0. The molecule has 1 atom stereocenters. The molecule has 0 aromatic carbocycles. The lowest BCUT2D eigenvalue weighted by Crippen LogP contribution is -2.32. The Balaban J connectivity index is 2.76. The van der Waals surface area contributed by atoms with E-state index in [9.17, 15) is 4.79 Å². The fraction of sp³-hybridized carbons (Fsp3) is 0.647. The van der Waals surface area contributed by atoms with Crippen molar-refractivity contribution in [1.29, 1.82) is 0 Å². The van der Waals surface area contributed by atoms with Crippen molar-refractivity contribution in [3.8, 4) is 0 Å². The third-order valence-electron chi connectivity index (χ3n) is 3.44. The maximum Gasteiger partial charge on any atom is 0.251 e. The summed E-state index contributed by atoms with van der Waals surface area (Å²) in [6.45, 7) is 10.4. The molecule has 3 nitrogen and oxygen atoms in total. The summed E-state index contributed by atoms with van der Waals surface area (Å²) in [6.07, 6.45) is 4.54. The average Bonchev–Trinajstić information content (AvgIpc) is 2.37. The second-order valence-corrected chi connectivity index (χ2v) is 7.07. The van der Waals surface area contributed by atoms with E-state index >= 15 is 0 Å². The summed E-state index contributed by atoms with van der Waals surface area (Å²) >= 11 is 6.05. The standard InChI is InChI=1S/C17H27ClN2O/c1-6-7-8-9-12(2)19-16(21)13-10-14(17(3,4)5)20-15(18)11-13/h10-12H,6-9H2,1-5H3,(H,19,21). The van der Waals surface area contributed by atoms with Gasteiger partial charge >= 0.3 is 0 Å². The van der Waals surface area contributed by atoms with Gasteiger partial charge in [0, 0.05) is 22.7 Å². The third-order valence-corrected chi connectivity index (χ3v) is 3.64. The Hall–Kier alpha value is -1.09. The minimum Gasteiger partial charge on any atom is -0.350 e. The Morgan fingerprint density at radius 3 is 2.57 bits per heavy atom. The van der Waals surface area contributed by atoms with Crippen molar-refractivity contribution < 1.29 is 4.79 Å². The number of rotatable bonds is 6. The predicted molar refractivity (Wildman–Crippen MR) is 89.0 cm³/mol. The molecule has 0 aliphatic heterocycles. The third kappa shape index (κ3) is 6.04. The number of nitrogens with zero attached hydrogens (tertiary/aromatic N) is 1. The quantitative estimate of drug-likeness (QED) is 0.609. The first-order chi connectivity index (χ1) is 9.74. The molecule has 0 saturated heterocycles. The zero-order chi connectivity index (χ0) is 16.0. The van der Waals surface area contributed by atoms with Gasteiger partial charge in [-0.05, 0) is 25.5 Å². The smallest absolute Gasteiger partial charge is 0.251 e. The molecule has 0 aliphatic carbocycles. The van der Waals surface area contributed by atoms with Gasteiger partial charge in [0.2, 0.25) is 0 Å². The number of hydrogen-bond acceptors (Lipinski definition) is 2. The molecule has 1 aromatic heterocycles. The van der Waals surface area contributed by atoms with Crippen LogP contribution < -0.4 is 5.32 Å². The van der Waals surface area contributed by atoms with Crippen LogP contribution in [0.5, 0.6) is 0 Å². The number of carbonyl (C=O) groups is 1. The van der Waals surface area contributed by atoms with Gasteiger partial charge in [0.05, 0.1) is 0 Å². The summed E-state index contributed by atoms with van der Waals surface area (Å²) in [5.74, 6) is -0.0752. The minimum absolute atomic E-state index is 0.0752. The number of hydrogen-bond donors (Lipinski definition) is 1. The summed E-state index contributed by atoms with van der Waals surface area (Å²) in [5.41, 5.74) is 1.29. The van der Waals surface area contributed by atoms with Crippen molar-refractivity contribution in [3.63, 3.8) is 0 Å². The Kier molecular flexibility index (Phi) is 6.66. The lowest BCUT2D eigenvalue weighted by atomic mass is 9.91.